The van der Waals surface area contributed by atoms with Crippen LogP contribution in [0.5, 0.6) is 0 Å². The summed E-state index contributed by atoms with van der Waals surface area (Å²) in [6.45, 7) is 1.50. The van der Waals surface area contributed by atoms with E-state index in [9.17, 15) is 26.4 Å². The highest BCUT2D eigenvalue weighted by Gasteiger charge is 2.30. The van der Waals surface area contributed by atoms with E-state index in [4.69, 9.17) is 0 Å². The van der Waals surface area contributed by atoms with Gasteiger partial charge in [-0.1, -0.05) is 19.1 Å². The van der Waals surface area contributed by atoms with Crippen molar-refractivity contribution in [1.29, 1.82) is 0 Å². The lowest BCUT2D eigenvalue weighted by Crippen LogP contribution is -2.34. The fourth-order valence-corrected chi connectivity index (χ4v) is 2.13. The third-order valence-corrected chi connectivity index (χ3v) is 3.13. The predicted octanol–water partition coefficient (Wildman–Crippen LogP) is 1.96. The van der Waals surface area contributed by atoms with Gasteiger partial charge in [0.05, 0.1) is 11.8 Å². The maximum Gasteiger partial charge on any atom is 0.416 e. The van der Waals surface area contributed by atoms with Crippen LogP contribution in [0.2, 0.25) is 0 Å². The molecule has 112 valence electrons. The molecule has 0 fully saturated rings. The van der Waals surface area contributed by atoms with E-state index in [1.807, 2.05) is 4.72 Å². The first-order chi connectivity index (χ1) is 8.99. The Balaban J connectivity index is 2.72. The van der Waals surface area contributed by atoms with Crippen molar-refractivity contribution in [2.24, 2.45) is 5.92 Å². The molecule has 0 aromatic heterocycles. The predicted molar refractivity (Wildman–Crippen MR) is 67.3 cm³/mol. The summed E-state index contributed by atoms with van der Waals surface area (Å²) in [7, 11) is -3.64. The molecule has 0 aliphatic carbocycles. The van der Waals surface area contributed by atoms with Gasteiger partial charge in [0.1, 0.15) is 0 Å². The second-order valence-corrected chi connectivity index (χ2v) is 6.29. The SMILES string of the molecule is C[C@@H](Cc1ccc(C(F)(F)F)cc1)C(=O)NS(C)(=O)=O. The van der Waals surface area contributed by atoms with Crippen molar-refractivity contribution in [2.45, 2.75) is 19.5 Å². The van der Waals surface area contributed by atoms with Crippen LogP contribution in [0.4, 0.5) is 13.2 Å². The number of alkyl halides is 3. The van der Waals surface area contributed by atoms with Gasteiger partial charge in [-0.3, -0.25) is 9.52 Å². The molecule has 1 atom stereocenters. The highest BCUT2D eigenvalue weighted by molar-refractivity contribution is 7.89. The molecule has 0 heterocycles. The summed E-state index contributed by atoms with van der Waals surface area (Å²) in [4.78, 5) is 11.5. The first-order valence-electron chi connectivity index (χ1n) is 5.67. The average Bonchev–Trinajstić information content (AvgIpc) is 2.26. The first-order valence-corrected chi connectivity index (χ1v) is 7.56. The summed E-state index contributed by atoms with van der Waals surface area (Å²) < 4.78 is 60.7. The van der Waals surface area contributed by atoms with Crippen molar-refractivity contribution in [3.8, 4) is 0 Å². The van der Waals surface area contributed by atoms with Crippen molar-refractivity contribution in [2.75, 3.05) is 6.26 Å². The summed E-state index contributed by atoms with van der Waals surface area (Å²) in [5, 5.41) is 0. The molecular formula is C12H14F3NO3S. The topological polar surface area (TPSA) is 63.2 Å². The molecule has 0 bridgehead atoms. The molecule has 1 aromatic rings. The standard InChI is InChI=1S/C12H14F3NO3S/c1-8(11(17)16-20(2,18)19)7-9-3-5-10(6-4-9)12(13,14)15/h3-6,8H,7H2,1-2H3,(H,16,17)/t8-/m0/s1. The maximum atomic E-state index is 12.4. The van der Waals surface area contributed by atoms with Crippen LogP contribution in [-0.4, -0.2) is 20.6 Å². The average molecular weight is 309 g/mol. The molecule has 1 amide bonds. The number of carbonyl (C=O) groups is 1. The zero-order valence-corrected chi connectivity index (χ0v) is 11.7. The van der Waals surface area contributed by atoms with E-state index in [1.165, 1.54) is 19.1 Å². The van der Waals surface area contributed by atoms with Gasteiger partial charge in [0.25, 0.3) is 0 Å². The van der Waals surface area contributed by atoms with Gasteiger partial charge in [-0.25, -0.2) is 8.42 Å². The van der Waals surface area contributed by atoms with Crippen LogP contribution >= 0.6 is 0 Å². The summed E-state index contributed by atoms with van der Waals surface area (Å²) >= 11 is 0. The lowest BCUT2D eigenvalue weighted by Gasteiger charge is -2.12. The minimum absolute atomic E-state index is 0.152. The molecule has 1 N–H and O–H groups in total. The van der Waals surface area contributed by atoms with Crippen molar-refractivity contribution in [3.05, 3.63) is 35.4 Å². The Labute approximate surface area is 115 Å². The zero-order chi connectivity index (χ0) is 15.6. The van der Waals surface area contributed by atoms with Crippen LogP contribution in [0.3, 0.4) is 0 Å². The molecule has 1 aromatic carbocycles. The molecule has 8 heteroatoms. The lowest BCUT2D eigenvalue weighted by atomic mass is 9.99. The van der Waals surface area contributed by atoms with E-state index in [0.29, 0.717) is 5.56 Å². The fraction of sp³-hybridized carbons (Fsp3) is 0.417. The van der Waals surface area contributed by atoms with E-state index in [1.54, 1.807) is 0 Å². The third-order valence-electron chi connectivity index (χ3n) is 2.56. The van der Waals surface area contributed by atoms with Crippen molar-refractivity contribution in [1.82, 2.24) is 4.72 Å². The number of nitrogens with one attached hydrogen (secondary N) is 1. The molecular weight excluding hydrogens is 295 g/mol. The van der Waals surface area contributed by atoms with Gasteiger partial charge in [-0.15, -0.1) is 0 Å². The molecule has 0 saturated carbocycles. The van der Waals surface area contributed by atoms with E-state index < -0.39 is 33.6 Å². The number of amides is 1. The normalized spacial score (nSPS) is 13.8. The van der Waals surface area contributed by atoms with E-state index in [-0.39, 0.29) is 6.42 Å². The van der Waals surface area contributed by atoms with Crippen molar-refractivity contribution >= 4 is 15.9 Å². The molecule has 0 aliphatic rings. The highest BCUT2D eigenvalue weighted by atomic mass is 32.2. The van der Waals surface area contributed by atoms with Crippen LogP contribution in [0, 0.1) is 5.92 Å². The Kier molecular flexibility index (Phi) is 4.80. The van der Waals surface area contributed by atoms with Crippen LogP contribution in [0.15, 0.2) is 24.3 Å². The van der Waals surface area contributed by atoms with Crippen LogP contribution < -0.4 is 4.72 Å². The van der Waals surface area contributed by atoms with Gasteiger partial charge in [0.15, 0.2) is 0 Å². The Hall–Kier alpha value is -1.57. The molecule has 4 nitrogen and oxygen atoms in total. The van der Waals surface area contributed by atoms with E-state index in [0.717, 1.165) is 18.4 Å². The van der Waals surface area contributed by atoms with Gasteiger partial charge >= 0.3 is 6.18 Å². The zero-order valence-electron chi connectivity index (χ0n) is 10.9. The quantitative estimate of drug-likeness (QED) is 0.925. The summed E-state index contributed by atoms with van der Waals surface area (Å²) in [5.41, 5.74) is -0.247. The van der Waals surface area contributed by atoms with Gasteiger partial charge in [-0.05, 0) is 24.1 Å². The van der Waals surface area contributed by atoms with Crippen molar-refractivity contribution < 1.29 is 26.4 Å². The third kappa shape index (κ3) is 5.20. The molecule has 0 unspecified atom stereocenters. The molecule has 0 saturated heterocycles. The molecule has 0 radical (unpaired) electrons. The smallest absolute Gasteiger partial charge is 0.274 e. The first kappa shape index (κ1) is 16.5. The fourth-order valence-electron chi connectivity index (χ4n) is 1.56. The Morgan fingerprint density at radius 1 is 1.25 bits per heavy atom. The largest absolute Gasteiger partial charge is 0.416 e. The monoisotopic (exact) mass is 309 g/mol. The number of sulfonamides is 1. The van der Waals surface area contributed by atoms with Crippen LogP contribution in [-0.2, 0) is 27.4 Å². The van der Waals surface area contributed by atoms with Gasteiger partial charge in [0, 0.05) is 5.92 Å². The van der Waals surface area contributed by atoms with Gasteiger partial charge < -0.3 is 0 Å². The number of carbonyl (C=O) groups excluding carboxylic acids is 1. The van der Waals surface area contributed by atoms with E-state index in [2.05, 4.69) is 0 Å². The molecule has 0 aliphatic heterocycles. The molecule has 0 spiro atoms. The summed E-state index contributed by atoms with van der Waals surface area (Å²) in [6.07, 6.45) is -3.40. The number of benzene rings is 1. The number of rotatable bonds is 4. The Morgan fingerprint density at radius 3 is 2.15 bits per heavy atom. The second-order valence-electron chi connectivity index (χ2n) is 4.54. The number of hydrogen-bond acceptors (Lipinski definition) is 3. The second kappa shape index (κ2) is 5.82. The van der Waals surface area contributed by atoms with Crippen LogP contribution in [0.1, 0.15) is 18.1 Å². The minimum atomic E-state index is -4.40. The number of halogens is 3. The maximum absolute atomic E-state index is 12.4. The van der Waals surface area contributed by atoms with Gasteiger partial charge in [-0.2, -0.15) is 13.2 Å². The van der Waals surface area contributed by atoms with Crippen LogP contribution in [0.25, 0.3) is 0 Å². The number of hydrogen-bond donors (Lipinski definition) is 1. The minimum Gasteiger partial charge on any atom is -0.274 e. The summed E-state index contributed by atoms with van der Waals surface area (Å²) in [6, 6.07) is 4.40. The van der Waals surface area contributed by atoms with Crippen molar-refractivity contribution in [3.63, 3.8) is 0 Å². The summed E-state index contributed by atoms with van der Waals surface area (Å²) in [5.74, 6) is -1.35. The molecule has 1 rings (SSSR count). The Bertz CT molecular complexity index is 579. The Morgan fingerprint density at radius 2 is 1.75 bits per heavy atom. The van der Waals surface area contributed by atoms with Gasteiger partial charge in [0.2, 0.25) is 15.9 Å². The molecule has 20 heavy (non-hydrogen) atoms. The van der Waals surface area contributed by atoms with E-state index >= 15 is 0 Å². The highest BCUT2D eigenvalue weighted by Crippen LogP contribution is 2.29. The lowest BCUT2D eigenvalue weighted by molar-refractivity contribution is -0.137.